The number of sulfone groups is 1. The third kappa shape index (κ3) is 5.81. The van der Waals surface area contributed by atoms with Crippen molar-refractivity contribution in [3.05, 3.63) is 133 Å². The molecule has 0 aliphatic heterocycles. The van der Waals surface area contributed by atoms with Gasteiger partial charge in [0.05, 0.1) is 16.3 Å². The quantitative estimate of drug-likeness (QED) is 0.186. The first kappa shape index (κ1) is 30.1. The second-order valence-electron chi connectivity index (χ2n) is 11.8. The number of imidazole rings is 1. The lowest BCUT2D eigenvalue weighted by molar-refractivity contribution is -0.118. The number of aromatic amines is 1. The molecule has 4 aromatic carbocycles. The van der Waals surface area contributed by atoms with Crippen LogP contribution in [0.1, 0.15) is 17.1 Å². The molecule has 0 fully saturated rings. The Bertz CT molecular complexity index is 2360. The van der Waals surface area contributed by atoms with Gasteiger partial charge in [-0.05, 0) is 66.9 Å². The van der Waals surface area contributed by atoms with Crippen LogP contribution in [0.15, 0.2) is 120 Å². The standard InChI is InChI=1S/C38H33N5O3S/c1-25-22-43(26(2)40-25)23-35(44)42(3)30-17-15-28(16-18-30)33-21-39-38-37(36(33)29-10-6-4-7-11-29)32-20-27(14-19-34(32)41-38)24-47(45,46)31-12-8-5-9-13-31/h4-22H,23-24H2,1-3H3,(H,39,41). The van der Waals surface area contributed by atoms with Crippen LogP contribution >= 0.6 is 0 Å². The number of aryl methyl sites for hydroxylation is 2. The predicted molar refractivity (Wildman–Crippen MR) is 187 cm³/mol. The number of likely N-dealkylation sites (N-methyl/N-ethyl adjacent to an activating group) is 1. The molecule has 0 bridgehead atoms. The van der Waals surface area contributed by atoms with Gasteiger partial charge >= 0.3 is 0 Å². The Labute approximate surface area is 273 Å². The van der Waals surface area contributed by atoms with E-state index in [4.69, 9.17) is 4.98 Å². The summed E-state index contributed by atoms with van der Waals surface area (Å²) >= 11 is 0. The molecule has 0 saturated heterocycles. The predicted octanol–water partition coefficient (Wildman–Crippen LogP) is 7.50. The van der Waals surface area contributed by atoms with Crippen molar-refractivity contribution in [1.82, 2.24) is 19.5 Å². The molecule has 0 spiro atoms. The van der Waals surface area contributed by atoms with Gasteiger partial charge in [-0.3, -0.25) is 4.79 Å². The van der Waals surface area contributed by atoms with Crippen LogP contribution in [0.25, 0.3) is 44.2 Å². The van der Waals surface area contributed by atoms with Gasteiger partial charge in [0.15, 0.2) is 9.84 Å². The maximum absolute atomic E-state index is 13.2. The van der Waals surface area contributed by atoms with Crippen LogP contribution in [-0.4, -0.2) is 40.9 Å². The van der Waals surface area contributed by atoms with Gasteiger partial charge < -0.3 is 14.5 Å². The first-order valence-corrected chi connectivity index (χ1v) is 17.0. The molecular formula is C38H33N5O3S. The summed E-state index contributed by atoms with van der Waals surface area (Å²) in [4.78, 5) is 27.8. The van der Waals surface area contributed by atoms with E-state index in [-0.39, 0.29) is 18.2 Å². The van der Waals surface area contributed by atoms with Gasteiger partial charge in [-0.15, -0.1) is 0 Å². The highest BCUT2D eigenvalue weighted by Gasteiger charge is 2.20. The number of nitrogens with one attached hydrogen (secondary N) is 1. The molecule has 0 unspecified atom stereocenters. The number of pyridine rings is 1. The fraction of sp³-hybridized carbons (Fsp3) is 0.132. The lowest BCUT2D eigenvalue weighted by Gasteiger charge is -2.19. The van der Waals surface area contributed by atoms with Crippen molar-refractivity contribution in [2.45, 2.75) is 31.0 Å². The lowest BCUT2D eigenvalue weighted by atomic mass is 9.92. The third-order valence-corrected chi connectivity index (χ3v) is 10.3. The van der Waals surface area contributed by atoms with E-state index in [1.165, 1.54) is 0 Å². The van der Waals surface area contributed by atoms with Crippen molar-refractivity contribution in [1.29, 1.82) is 0 Å². The van der Waals surface area contributed by atoms with Gasteiger partial charge in [0, 0.05) is 52.5 Å². The van der Waals surface area contributed by atoms with E-state index in [1.54, 1.807) is 36.2 Å². The molecule has 0 aliphatic carbocycles. The number of H-pyrrole nitrogens is 1. The van der Waals surface area contributed by atoms with Crippen molar-refractivity contribution >= 4 is 43.4 Å². The fourth-order valence-electron chi connectivity index (χ4n) is 6.13. The molecule has 0 atom stereocenters. The zero-order valence-electron chi connectivity index (χ0n) is 26.3. The highest BCUT2D eigenvalue weighted by molar-refractivity contribution is 7.90. The minimum absolute atomic E-state index is 0.0461. The summed E-state index contributed by atoms with van der Waals surface area (Å²) in [6.45, 7) is 4.02. The molecule has 1 amide bonds. The van der Waals surface area contributed by atoms with Crippen LogP contribution in [-0.2, 0) is 26.9 Å². The zero-order chi connectivity index (χ0) is 32.7. The molecule has 234 valence electrons. The van der Waals surface area contributed by atoms with E-state index in [1.807, 2.05) is 97.5 Å². The molecule has 1 N–H and O–H groups in total. The number of rotatable bonds is 8. The number of carbonyl (C=O) groups is 1. The fourth-order valence-corrected chi connectivity index (χ4v) is 7.49. The highest BCUT2D eigenvalue weighted by Crippen LogP contribution is 2.41. The number of aromatic nitrogens is 4. The molecular weight excluding hydrogens is 607 g/mol. The number of hydrogen-bond donors (Lipinski definition) is 1. The van der Waals surface area contributed by atoms with E-state index in [0.717, 1.165) is 61.4 Å². The summed E-state index contributed by atoms with van der Waals surface area (Å²) in [5.41, 5.74) is 7.83. The van der Waals surface area contributed by atoms with E-state index in [0.29, 0.717) is 10.5 Å². The number of nitrogens with zero attached hydrogens (tertiary/aromatic N) is 4. The van der Waals surface area contributed by atoms with E-state index >= 15 is 0 Å². The van der Waals surface area contributed by atoms with Gasteiger partial charge in [-0.25, -0.2) is 18.4 Å². The summed E-state index contributed by atoms with van der Waals surface area (Å²) in [6, 6.07) is 32.3. The van der Waals surface area contributed by atoms with Gasteiger partial charge in [0.2, 0.25) is 5.91 Å². The lowest BCUT2D eigenvalue weighted by Crippen LogP contribution is -2.30. The smallest absolute Gasteiger partial charge is 0.246 e. The second kappa shape index (κ2) is 12.0. The van der Waals surface area contributed by atoms with Crippen LogP contribution in [0.2, 0.25) is 0 Å². The Morgan fingerprint density at radius 1 is 0.872 bits per heavy atom. The van der Waals surface area contributed by atoms with Crippen molar-refractivity contribution in [2.24, 2.45) is 0 Å². The van der Waals surface area contributed by atoms with Crippen molar-refractivity contribution in [3.8, 4) is 22.3 Å². The maximum Gasteiger partial charge on any atom is 0.246 e. The van der Waals surface area contributed by atoms with Gasteiger partial charge in [-0.1, -0.05) is 66.7 Å². The summed E-state index contributed by atoms with van der Waals surface area (Å²) in [5.74, 6) is 0.648. The van der Waals surface area contributed by atoms with E-state index in [9.17, 15) is 13.2 Å². The monoisotopic (exact) mass is 639 g/mol. The minimum Gasteiger partial charge on any atom is -0.339 e. The van der Waals surface area contributed by atoms with Crippen LogP contribution < -0.4 is 4.90 Å². The zero-order valence-corrected chi connectivity index (χ0v) is 27.1. The average Bonchev–Trinajstić information content (AvgIpc) is 3.61. The summed E-state index contributed by atoms with van der Waals surface area (Å²) in [5, 5.41) is 1.82. The van der Waals surface area contributed by atoms with Crippen LogP contribution in [0.3, 0.4) is 0 Å². The van der Waals surface area contributed by atoms with Crippen molar-refractivity contribution in [2.75, 3.05) is 11.9 Å². The number of hydrogen-bond acceptors (Lipinski definition) is 5. The van der Waals surface area contributed by atoms with Gasteiger partial charge in [0.25, 0.3) is 0 Å². The minimum atomic E-state index is -3.53. The highest BCUT2D eigenvalue weighted by atomic mass is 32.2. The number of amides is 1. The number of benzene rings is 4. The van der Waals surface area contributed by atoms with Crippen LogP contribution in [0, 0.1) is 13.8 Å². The molecule has 7 rings (SSSR count). The molecule has 0 saturated carbocycles. The normalized spacial score (nSPS) is 11.7. The Hall–Kier alpha value is -5.54. The Morgan fingerprint density at radius 3 is 2.26 bits per heavy atom. The second-order valence-corrected chi connectivity index (χ2v) is 13.8. The largest absolute Gasteiger partial charge is 0.339 e. The summed E-state index contributed by atoms with van der Waals surface area (Å²) in [6.07, 6.45) is 3.75. The van der Waals surface area contributed by atoms with Crippen molar-refractivity contribution < 1.29 is 13.2 Å². The maximum atomic E-state index is 13.2. The number of fused-ring (bicyclic) bond motifs is 3. The first-order chi connectivity index (χ1) is 22.7. The Balaban J connectivity index is 1.29. The Morgan fingerprint density at radius 2 is 1.57 bits per heavy atom. The third-order valence-electron chi connectivity index (χ3n) is 8.55. The molecule has 3 aromatic heterocycles. The average molecular weight is 640 g/mol. The number of carbonyl (C=O) groups excluding carboxylic acids is 1. The molecule has 0 radical (unpaired) electrons. The topological polar surface area (TPSA) is 101 Å². The first-order valence-electron chi connectivity index (χ1n) is 15.3. The number of anilines is 1. The molecule has 8 nitrogen and oxygen atoms in total. The van der Waals surface area contributed by atoms with Crippen molar-refractivity contribution in [3.63, 3.8) is 0 Å². The molecule has 7 aromatic rings. The molecule has 9 heteroatoms. The van der Waals surface area contributed by atoms with E-state index < -0.39 is 9.84 Å². The molecule has 47 heavy (non-hydrogen) atoms. The van der Waals surface area contributed by atoms with Gasteiger partial charge in [-0.2, -0.15) is 0 Å². The summed E-state index contributed by atoms with van der Waals surface area (Å²) in [7, 11) is -1.75. The summed E-state index contributed by atoms with van der Waals surface area (Å²) < 4.78 is 28.3. The molecule has 3 heterocycles. The van der Waals surface area contributed by atoms with E-state index in [2.05, 4.69) is 22.1 Å². The SMILES string of the molecule is Cc1cn(CC(=O)N(C)c2ccc(-c3cnc4[nH]c5ccc(CS(=O)(=O)c6ccccc6)cc5c4c3-c3ccccc3)cc2)c(C)n1. The molecule has 0 aliphatic rings. The van der Waals surface area contributed by atoms with Gasteiger partial charge in [0.1, 0.15) is 18.0 Å². The Kier molecular flexibility index (Phi) is 7.69. The van der Waals surface area contributed by atoms with Crippen LogP contribution in [0.4, 0.5) is 5.69 Å². The van der Waals surface area contributed by atoms with Crippen LogP contribution in [0.5, 0.6) is 0 Å².